The smallest absolute Gasteiger partial charge is 0.221 e. The number of ether oxygens (including phenoxy) is 1. The first-order valence-electron chi connectivity index (χ1n) is 9.99. The molecule has 4 rings (SSSR count). The summed E-state index contributed by atoms with van der Waals surface area (Å²) >= 11 is 17.6. The zero-order chi connectivity index (χ0) is 23.5. The maximum absolute atomic E-state index is 11.0. The van der Waals surface area contributed by atoms with E-state index < -0.39 is 0 Å². The molecule has 6 nitrogen and oxygen atoms in total. The van der Waals surface area contributed by atoms with Crippen molar-refractivity contribution in [3.05, 3.63) is 81.8 Å². The lowest BCUT2D eigenvalue weighted by atomic mass is 10.2. The van der Waals surface area contributed by atoms with E-state index >= 15 is 0 Å². The third-order valence-corrected chi connectivity index (χ3v) is 5.94. The summed E-state index contributed by atoms with van der Waals surface area (Å²) < 4.78 is 7.12. The lowest BCUT2D eigenvalue weighted by molar-refractivity contribution is 0.417. The fourth-order valence-electron chi connectivity index (χ4n) is 3.51. The largest absolute Gasteiger partial charge is 0.495 e. The number of aromatic nitrogens is 1. The maximum atomic E-state index is 11.0. The first kappa shape index (κ1) is 23.0. The van der Waals surface area contributed by atoms with Crippen LogP contribution in [0.3, 0.4) is 0 Å². The molecule has 0 fully saturated rings. The molecule has 168 valence electrons. The number of benzene rings is 3. The minimum Gasteiger partial charge on any atom is -0.495 e. The molecule has 0 amide bonds. The minimum atomic E-state index is -0.0114. The summed E-state index contributed by atoms with van der Waals surface area (Å²) in [6, 6.07) is 18.6. The summed E-state index contributed by atoms with van der Waals surface area (Å²) in [5.74, 6) is 0.520. The molecule has 4 aromatic rings. The Morgan fingerprint density at radius 1 is 1.12 bits per heavy atom. The number of hydrogen-bond acceptors (Lipinski definition) is 4. The number of hydrogen-bond donors (Lipinski definition) is 2. The van der Waals surface area contributed by atoms with Crippen molar-refractivity contribution in [2.24, 2.45) is 10.2 Å². The standard InChI is InChI=1S/C24H20Cl2N4O2S/c1-14-10-19(21(32-2)12-18(14)26)27-24(33)29-28-22-17-8-3-4-9-20(17)30(23(22)31)13-15-6-5-7-16(25)11-15/h3-12,31H,13H2,1-2H3,(H,27,33). The number of anilines is 1. The number of aromatic hydroxyl groups is 1. The Morgan fingerprint density at radius 2 is 1.91 bits per heavy atom. The van der Waals surface area contributed by atoms with Gasteiger partial charge in [-0.05, 0) is 54.5 Å². The van der Waals surface area contributed by atoms with Crippen molar-refractivity contribution in [3.8, 4) is 11.6 Å². The van der Waals surface area contributed by atoms with Gasteiger partial charge in [-0.25, -0.2) is 0 Å². The van der Waals surface area contributed by atoms with E-state index in [0.29, 0.717) is 33.7 Å². The van der Waals surface area contributed by atoms with Crippen LogP contribution in [-0.2, 0) is 6.54 Å². The average Bonchev–Trinajstić information content (AvgIpc) is 3.05. The van der Waals surface area contributed by atoms with Gasteiger partial charge < -0.3 is 19.7 Å². The molecule has 0 aliphatic heterocycles. The molecule has 2 N–H and O–H groups in total. The number of azo groups is 1. The lowest BCUT2D eigenvalue weighted by Gasteiger charge is -2.11. The third kappa shape index (κ3) is 4.95. The Kier molecular flexibility index (Phi) is 6.83. The molecule has 0 unspecified atom stereocenters. The zero-order valence-electron chi connectivity index (χ0n) is 17.8. The average molecular weight is 499 g/mol. The van der Waals surface area contributed by atoms with Gasteiger partial charge in [0.15, 0.2) is 5.69 Å². The highest BCUT2D eigenvalue weighted by Gasteiger charge is 2.17. The van der Waals surface area contributed by atoms with Crippen LogP contribution < -0.4 is 10.1 Å². The number of fused-ring (bicyclic) bond motifs is 1. The van der Waals surface area contributed by atoms with Gasteiger partial charge in [-0.15, -0.1) is 10.2 Å². The number of rotatable bonds is 5. The zero-order valence-corrected chi connectivity index (χ0v) is 20.2. The summed E-state index contributed by atoms with van der Waals surface area (Å²) in [7, 11) is 1.55. The van der Waals surface area contributed by atoms with E-state index in [-0.39, 0.29) is 11.0 Å². The van der Waals surface area contributed by atoms with Crippen LogP contribution in [0.1, 0.15) is 11.1 Å². The molecule has 0 atom stereocenters. The number of aryl methyl sites for hydroxylation is 1. The molecule has 0 saturated carbocycles. The van der Waals surface area contributed by atoms with E-state index in [9.17, 15) is 5.11 Å². The fourth-order valence-corrected chi connectivity index (χ4v) is 4.03. The molecule has 1 heterocycles. The molecule has 0 saturated heterocycles. The number of para-hydroxylation sites is 1. The third-order valence-electron chi connectivity index (χ3n) is 5.11. The number of methoxy groups -OCH3 is 1. The second-order valence-corrected chi connectivity index (χ2v) is 8.57. The van der Waals surface area contributed by atoms with Gasteiger partial charge in [0.1, 0.15) is 5.75 Å². The topological polar surface area (TPSA) is 71.1 Å². The van der Waals surface area contributed by atoms with Crippen LogP contribution >= 0.6 is 35.4 Å². The van der Waals surface area contributed by atoms with Crippen LogP contribution in [0.5, 0.6) is 11.6 Å². The van der Waals surface area contributed by atoms with Gasteiger partial charge in [0.05, 0.1) is 24.9 Å². The molecule has 0 radical (unpaired) electrons. The second-order valence-electron chi connectivity index (χ2n) is 7.34. The van der Waals surface area contributed by atoms with Crippen LogP contribution in [0.4, 0.5) is 11.4 Å². The molecule has 0 aliphatic carbocycles. The van der Waals surface area contributed by atoms with Crippen LogP contribution in [-0.4, -0.2) is 21.9 Å². The van der Waals surface area contributed by atoms with Crippen molar-refractivity contribution in [2.45, 2.75) is 13.5 Å². The summed E-state index contributed by atoms with van der Waals surface area (Å²) in [6.07, 6.45) is 0. The van der Waals surface area contributed by atoms with E-state index in [1.807, 2.05) is 61.5 Å². The van der Waals surface area contributed by atoms with Gasteiger partial charge in [-0.3, -0.25) is 0 Å². The summed E-state index contributed by atoms with van der Waals surface area (Å²) in [4.78, 5) is 0. The van der Waals surface area contributed by atoms with Crippen molar-refractivity contribution in [1.29, 1.82) is 0 Å². The predicted octanol–water partition coefficient (Wildman–Crippen LogP) is 7.50. The Bertz CT molecular complexity index is 1380. The summed E-state index contributed by atoms with van der Waals surface area (Å²) in [5.41, 5.74) is 3.58. The molecule has 0 spiro atoms. The van der Waals surface area contributed by atoms with Crippen LogP contribution in [0.15, 0.2) is 70.9 Å². The van der Waals surface area contributed by atoms with E-state index in [0.717, 1.165) is 22.0 Å². The van der Waals surface area contributed by atoms with Crippen molar-refractivity contribution in [2.75, 3.05) is 12.4 Å². The monoisotopic (exact) mass is 498 g/mol. The van der Waals surface area contributed by atoms with Crippen LogP contribution in [0, 0.1) is 6.92 Å². The predicted molar refractivity (Wildman–Crippen MR) is 138 cm³/mol. The van der Waals surface area contributed by atoms with Crippen molar-refractivity contribution < 1.29 is 9.84 Å². The number of nitrogens with zero attached hydrogens (tertiary/aromatic N) is 3. The van der Waals surface area contributed by atoms with Crippen LogP contribution in [0.25, 0.3) is 10.9 Å². The van der Waals surface area contributed by atoms with Gasteiger partial charge in [-0.1, -0.05) is 53.5 Å². The van der Waals surface area contributed by atoms with Gasteiger partial charge >= 0.3 is 0 Å². The van der Waals surface area contributed by atoms with Gasteiger partial charge in [0.2, 0.25) is 11.0 Å². The Balaban J connectivity index is 1.64. The fraction of sp³-hybridized carbons (Fsp3) is 0.125. The lowest BCUT2D eigenvalue weighted by Crippen LogP contribution is -2.06. The first-order valence-corrected chi connectivity index (χ1v) is 11.1. The van der Waals surface area contributed by atoms with Gasteiger partial charge in [0.25, 0.3) is 0 Å². The normalized spacial score (nSPS) is 11.3. The van der Waals surface area contributed by atoms with E-state index in [4.69, 9.17) is 40.2 Å². The molecule has 33 heavy (non-hydrogen) atoms. The maximum Gasteiger partial charge on any atom is 0.221 e. The Labute approximate surface area is 206 Å². The van der Waals surface area contributed by atoms with E-state index in [2.05, 4.69) is 15.5 Å². The Morgan fingerprint density at radius 3 is 2.67 bits per heavy atom. The van der Waals surface area contributed by atoms with E-state index in [1.54, 1.807) is 17.7 Å². The Hall–Kier alpha value is -3.13. The van der Waals surface area contributed by atoms with Crippen molar-refractivity contribution >= 4 is 62.8 Å². The molecule has 3 aromatic carbocycles. The van der Waals surface area contributed by atoms with Crippen LogP contribution in [0.2, 0.25) is 10.0 Å². The first-order chi connectivity index (χ1) is 15.9. The second kappa shape index (κ2) is 9.79. The van der Waals surface area contributed by atoms with E-state index in [1.165, 1.54) is 0 Å². The summed E-state index contributed by atoms with van der Waals surface area (Å²) in [6.45, 7) is 2.30. The number of nitrogens with one attached hydrogen (secondary N) is 1. The van der Waals surface area contributed by atoms with Gasteiger partial charge in [0, 0.05) is 21.5 Å². The SMILES string of the molecule is COc1cc(Cl)c(C)cc1NC(=S)N=Nc1c(O)n(Cc2cccc(Cl)c2)c2ccccc12. The molecular formula is C24H20Cl2N4O2S. The molecule has 9 heteroatoms. The quantitative estimate of drug-likeness (QED) is 0.220. The number of thiocarbonyl (C=S) groups is 1. The highest BCUT2D eigenvalue weighted by molar-refractivity contribution is 7.80. The molecule has 0 bridgehead atoms. The minimum absolute atomic E-state index is 0.0114. The van der Waals surface area contributed by atoms with Gasteiger partial charge in [-0.2, -0.15) is 0 Å². The molecule has 0 aliphatic rings. The van der Waals surface area contributed by atoms with Crippen molar-refractivity contribution in [3.63, 3.8) is 0 Å². The highest BCUT2D eigenvalue weighted by atomic mass is 35.5. The molecular weight excluding hydrogens is 479 g/mol. The van der Waals surface area contributed by atoms with Crippen molar-refractivity contribution in [1.82, 2.24) is 4.57 Å². The molecule has 1 aromatic heterocycles. The summed E-state index contributed by atoms with van der Waals surface area (Å²) in [5, 5.41) is 24.4. The number of halogens is 2. The highest BCUT2D eigenvalue weighted by Crippen LogP contribution is 2.39.